The average Bonchev–Trinajstić information content (AvgIpc) is 2.53. The van der Waals surface area contributed by atoms with Crippen molar-refractivity contribution in [3.8, 4) is 0 Å². The van der Waals surface area contributed by atoms with Crippen LogP contribution in [0, 0.1) is 11.8 Å². The van der Waals surface area contributed by atoms with E-state index < -0.39 is 0 Å². The summed E-state index contributed by atoms with van der Waals surface area (Å²) in [5, 5.41) is -0.585. The minimum atomic E-state index is -0.293. The Bertz CT molecular complexity index is 304. The third kappa shape index (κ3) is 9.62. The van der Waals surface area contributed by atoms with Gasteiger partial charge in [-0.15, -0.1) is 0 Å². The van der Waals surface area contributed by atoms with E-state index in [0.29, 0.717) is 25.0 Å². The lowest BCUT2D eigenvalue weighted by Crippen LogP contribution is -2.22. The normalized spacial score (nSPS) is 16.5. The maximum absolute atomic E-state index is 11.8. The highest BCUT2D eigenvalue weighted by molar-refractivity contribution is 8.77. The van der Waals surface area contributed by atoms with Gasteiger partial charge in [-0.2, -0.15) is 0 Å². The maximum Gasteiger partial charge on any atom is 0.319 e. The van der Waals surface area contributed by atoms with Crippen LogP contribution in [0.15, 0.2) is 0 Å². The molecule has 4 atom stereocenters. The van der Waals surface area contributed by atoms with Gasteiger partial charge < -0.3 is 9.47 Å². The molecule has 0 heterocycles. The van der Waals surface area contributed by atoms with Crippen LogP contribution in [0.5, 0.6) is 0 Å². The van der Waals surface area contributed by atoms with Crippen LogP contribution in [0.4, 0.5) is 0 Å². The Kier molecular flexibility index (Phi) is 11.9. The molecule has 130 valence electrons. The number of hydrogen-bond donors (Lipinski definition) is 0. The molecule has 6 heteroatoms. The van der Waals surface area contributed by atoms with E-state index in [0.717, 1.165) is 12.8 Å². The second kappa shape index (κ2) is 12.1. The summed E-state index contributed by atoms with van der Waals surface area (Å²) in [6, 6.07) is 0. The summed E-state index contributed by atoms with van der Waals surface area (Å²) >= 11 is 0. The van der Waals surface area contributed by atoms with E-state index in [2.05, 4.69) is 27.7 Å². The summed E-state index contributed by atoms with van der Waals surface area (Å²) in [5.41, 5.74) is 0. The van der Waals surface area contributed by atoms with E-state index in [1.807, 2.05) is 0 Å². The van der Waals surface area contributed by atoms with E-state index in [-0.39, 0.29) is 22.4 Å². The predicted octanol–water partition coefficient (Wildman–Crippen LogP) is 4.32. The monoisotopic (exact) mass is 350 g/mol. The first-order valence-electron chi connectivity index (χ1n) is 7.97. The van der Waals surface area contributed by atoms with Crippen molar-refractivity contribution >= 4 is 33.5 Å². The molecule has 22 heavy (non-hydrogen) atoms. The molecule has 0 rings (SSSR count). The minimum absolute atomic E-state index is 0.224. The molecule has 4 nitrogen and oxygen atoms in total. The van der Waals surface area contributed by atoms with Crippen LogP contribution < -0.4 is 0 Å². The van der Waals surface area contributed by atoms with Gasteiger partial charge >= 0.3 is 11.9 Å². The Balaban J connectivity index is 3.99. The van der Waals surface area contributed by atoms with Crippen molar-refractivity contribution in [2.75, 3.05) is 13.2 Å². The smallest absolute Gasteiger partial charge is 0.319 e. The van der Waals surface area contributed by atoms with Gasteiger partial charge in [-0.3, -0.25) is 9.59 Å². The number of ether oxygens (including phenoxy) is 2. The van der Waals surface area contributed by atoms with Crippen LogP contribution in [0.3, 0.4) is 0 Å². The van der Waals surface area contributed by atoms with Gasteiger partial charge in [0.05, 0.1) is 13.2 Å². The minimum Gasteiger partial charge on any atom is -0.465 e. The first kappa shape index (κ1) is 21.6. The van der Waals surface area contributed by atoms with Gasteiger partial charge in [0.1, 0.15) is 10.5 Å². The van der Waals surface area contributed by atoms with Crippen LogP contribution >= 0.6 is 21.6 Å². The van der Waals surface area contributed by atoms with Gasteiger partial charge in [0.15, 0.2) is 0 Å². The Morgan fingerprint density at radius 3 is 1.36 bits per heavy atom. The van der Waals surface area contributed by atoms with Gasteiger partial charge in [-0.1, -0.05) is 62.1 Å². The first-order chi connectivity index (χ1) is 10.3. The average molecular weight is 351 g/mol. The third-order valence-corrected chi connectivity index (χ3v) is 6.56. The second-order valence-electron chi connectivity index (χ2n) is 5.76. The van der Waals surface area contributed by atoms with Crippen molar-refractivity contribution in [3.63, 3.8) is 0 Å². The van der Waals surface area contributed by atoms with Gasteiger partial charge in [0.2, 0.25) is 0 Å². The Labute approximate surface area is 142 Å². The molecule has 0 aromatic rings. The zero-order valence-corrected chi connectivity index (χ0v) is 16.2. The molecule has 0 aliphatic rings. The third-order valence-electron chi connectivity index (χ3n) is 3.42. The van der Waals surface area contributed by atoms with E-state index in [1.54, 1.807) is 13.8 Å². The summed E-state index contributed by atoms with van der Waals surface area (Å²) in [6.45, 7) is 12.7. The number of hydrogen-bond acceptors (Lipinski definition) is 6. The molecule has 0 spiro atoms. The van der Waals surface area contributed by atoms with Gasteiger partial charge in [-0.05, 0) is 25.7 Å². The molecule has 0 aliphatic carbocycles. The Morgan fingerprint density at radius 2 is 1.09 bits per heavy atom. The number of rotatable bonds is 11. The lowest BCUT2D eigenvalue weighted by molar-refractivity contribution is -0.144. The highest BCUT2D eigenvalue weighted by Gasteiger charge is 2.22. The highest BCUT2D eigenvalue weighted by atomic mass is 33.1. The van der Waals surface area contributed by atoms with Gasteiger partial charge in [0, 0.05) is 0 Å². The standard InChI is InChI=1S/C16H30O4S2/c1-7-11(3)9-19-15(17)13(5)21-22-14(6)16(18)20-10-12(4)8-2/h11-14H,7-10H2,1-6H3. The van der Waals surface area contributed by atoms with Crippen molar-refractivity contribution in [3.05, 3.63) is 0 Å². The number of esters is 2. The fourth-order valence-corrected chi connectivity index (χ4v) is 3.26. The molecular weight excluding hydrogens is 320 g/mol. The van der Waals surface area contributed by atoms with E-state index in [4.69, 9.17) is 9.47 Å². The van der Waals surface area contributed by atoms with Crippen molar-refractivity contribution in [2.24, 2.45) is 11.8 Å². The zero-order valence-electron chi connectivity index (χ0n) is 14.6. The van der Waals surface area contributed by atoms with Crippen molar-refractivity contribution < 1.29 is 19.1 Å². The van der Waals surface area contributed by atoms with Crippen molar-refractivity contribution in [1.29, 1.82) is 0 Å². The largest absolute Gasteiger partial charge is 0.465 e. The topological polar surface area (TPSA) is 52.6 Å². The fourth-order valence-electron chi connectivity index (χ4n) is 1.16. The van der Waals surface area contributed by atoms with Crippen LogP contribution in [-0.2, 0) is 19.1 Å². The first-order valence-corrected chi connectivity index (χ1v) is 10.2. The van der Waals surface area contributed by atoms with Gasteiger partial charge in [0.25, 0.3) is 0 Å². The van der Waals surface area contributed by atoms with E-state index >= 15 is 0 Å². The molecule has 4 unspecified atom stereocenters. The van der Waals surface area contributed by atoms with Gasteiger partial charge in [-0.25, -0.2) is 0 Å². The summed E-state index contributed by atoms with van der Waals surface area (Å²) in [5.74, 6) is 0.308. The number of carbonyl (C=O) groups excluding carboxylic acids is 2. The molecule has 0 saturated carbocycles. The molecule has 0 fully saturated rings. The molecular formula is C16H30O4S2. The summed E-state index contributed by atoms with van der Waals surface area (Å²) in [6.07, 6.45) is 1.98. The molecule has 0 aromatic heterocycles. The summed E-state index contributed by atoms with van der Waals surface area (Å²) in [4.78, 5) is 23.7. The number of carbonyl (C=O) groups is 2. The van der Waals surface area contributed by atoms with Crippen molar-refractivity contribution in [1.82, 2.24) is 0 Å². The SMILES string of the molecule is CCC(C)COC(=O)C(C)SSC(C)C(=O)OCC(C)CC. The lowest BCUT2D eigenvalue weighted by atomic mass is 10.1. The van der Waals surface area contributed by atoms with Crippen LogP contribution in [0.1, 0.15) is 54.4 Å². The summed E-state index contributed by atoms with van der Waals surface area (Å²) < 4.78 is 10.5. The Morgan fingerprint density at radius 1 is 0.773 bits per heavy atom. The van der Waals surface area contributed by atoms with E-state index in [1.165, 1.54) is 21.6 Å². The molecule has 0 aromatic carbocycles. The quantitative estimate of drug-likeness (QED) is 0.408. The fraction of sp³-hybridized carbons (Fsp3) is 0.875. The molecule has 0 radical (unpaired) electrons. The van der Waals surface area contributed by atoms with Crippen molar-refractivity contribution in [2.45, 2.75) is 64.9 Å². The summed E-state index contributed by atoms with van der Waals surface area (Å²) in [7, 11) is 2.72. The highest BCUT2D eigenvalue weighted by Crippen LogP contribution is 2.32. The van der Waals surface area contributed by atoms with Crippen LogP contribution in [-0.4, -0.2) is 35.7 Å². The predicted molar refractivity (Wildman–Crippen MR) is 94.9 cm³/mol. The zero-order chi connectivity index (χ0) is 17.1. The van der Waals surface area contributed by atoms with Crippen LogP contribution in [0.25, 0.3) is 0 Å². The Hall–Kier alpha value is -0.360. The molecule has 0 saturated heterocycles. The second-order valence-corrected chi connectivity index (χ2v) is 8.72. The molecule has 0 aliphatic heterocycles. The lowest BCUT2D eigenvalue weighted by Gasteiger charge is -2.16. The molecule has 0 bridgehead atoms. The van der Waals surface area contributed by atoms with Crippen LogP contribution in [0.2, 0.25) is 0 Å². The van der Waals surface area contributed by atoms with E-state index in [9.17, 15) is 9.59 Å². The molecule has 0 amide bonds. The maximum atomic E-state index is 11.8. The molecule has 0 N–H and O–H groups in total.